The molecule has 1 amide bonds. The Labute approximate surface area is 90.9 Å². The summed E-state index contributed by atoms with van der Waals surface area (Å²) in [5, 5.41) is 0. The van der Waals surface area contributed by atoms with Crippen molar-refractivity contribution < 1.29 is 4.79 Å². The molecule has 0 aromatic heterocycles. The highest BCUT2D eigenvalue weighted by Crippen LogP contribution is 2.58. The van der Waals surface area contributed by atoms with E-state index in [1.165, 1.54) is 32.1 Å². The molecule has 0 atom stereocenters. The van der Waals surface area contributed by atoms with E-state index in [1.807, 2.05) is 0 Å². The molecule has 2 heteroatoms. The van der Waals surface area contributed by atoms with E-state index in [2.05, 4.69) is 6.58 Å². The second-order valence-corrected chi connectivity index (χ2v) is 5.85. The highest BCUT2D eigenvalue weighted by atomic mass is 16.1. The molecule has 4 rings (SSSR count). The summed E-state index contributed by atoms with van der Waals surface area (Å²) in [5.41, 5.74) is 6.09. The molecular formula is C13H19NO. The predicted molar refractivity (Wildman–Crippen MR) is 58.9 cm³/mol. The van der Waals surface area contributed by atoms with E-state index in [-0.39, 0.29) is 5.91 Å². The monoisotopic (exact) mass is 205 g/mol. The Balaban J connectivity index is 1.86. The topological polar surface area (TPSA) is 43.1 Å². The molecule has 0 aliphatic heterocycles. The van der Waals surface area contributed by atoms with Crippen LogP contribution in [0.15, 0.2) is 12.2 Å². The molecule has 2 nitrogen and oxygen atoms in total. The zero-order valence-corrected chi connectivity index (χ0v) is 9.11. The van der Waals surface area contributed by atoms with Crippen molar-refractivity contribution in [3.05, 3.63) is 12.2 Å². The highest BCUT2D eigenvalue weighted by molar-refractivity contribution is 5.91. The summed E-state index contributed by atoms with van der Waals surface area (Å²) in [6.45, 7) is 3.93. The van der Waals surface area contributed by atoms with Gasteiger partial charge in [0.2, 0.25) is 5.91 Å². The van der Waals surface area contributed by atoms with Crippen LogP contribution in [-0.4, -0.2) is 5.91 Å². The van der Waals surface area contributed by atoms with Crippen molar-refractivity contribution >= 4 is 5.91 Å². The lowest BCUT2D eigenvalue weighted by Crippen LogP contribution is -2.47. The van der Waals surface area contributed by atoms with E-state index < -0.39 is 0 Å². The Morgan fingerprint density at radius 2 is 1.47 bits per heavy atom. The maximum Gasteiger partial charge on any atom is 0.244 e. The Kier molecular flexibility index (Phi) is 1.95. The van der Waals surface area contributed by atoms with Crippen LogP contribution in [0, 0.1) is 29.6 Å². The molecule has 82 valence electrons. The molecular weight excluding hydrogens is 186 g/mol. The van der Waals surface area contributed by atoms with Gasteiger partial charge in [0.05, 0.1) is 0 Å². The smallest absolute Gasteiger partial charge is 0.244 e. The van der Waals surface area contributed by atoms with Crippen LogP contribution in [0.25, 0.3) is 0 Å². The summed E-state index contributed by atoms with van der Waals surface area (Å²) >= 11 is 0. The summed E-state index contributed by atoms with van der Waals surface area (Å²) in [5.74, 6) is 3.50. The fourth-order valence-electron chi connectivity index (χ4n) is 4.66. The summed E-state index contributed by atoms with van der Waals surface area (Å²) in [6, 6.07) is 0. The molecule has 0 heterocycles. The molecule has 4 aliphatic carbocycles. The minimum atomic E-state index is -0.271. The van der Waals surface area contributed by atoms with Gasteiger partial charge in [-0.15, -0.1) is 0 Å². The van der Waals surface area contributed by atoms with Crippen molar-refractivity contribution in [1.82, 2.24) is 0 Å². The van der Waals surface area contributed by atoms with E-state index in [0.29, 0.717) is 11.5 Å². The molecule has 0 unspecified atom stereocenters. The lowest BCUT2D eigenvalue weighted by atomic mass is 9.50. The van der Waals surface area contributed by atoms with Crippen LogP contribution in [0.4, 0.5) is 0 Å². The first-order chi connectivity index (χ1) is 7.15. The van der Waals surface area contributed by atoms with Crippen molar-refractivity contribution in [1.29, 1.82) is 0 Å². The molecule has 4 saturated carbocycles. The van der Waals surface area contributed by atoms with E-state index in [1.54, 1.807) is 0 Å². The second-order valence-electron chi connectivity index (χ2n) is 5.85. The maximum absolute atomic E-state index is 11.2. The fraction of sp³-hybridized carbons (Fsp3) is 0.769. The Hall–Kier alpha value is -0.790. The summed E-state index contributed by atoms with van der Waals surface area (Å²) in [7, 11) is 0. The van der Waals surface area contributed by atoms with Gasteiger partial charge in [-0.25, -0.2) is 0 Å². The molecule has 0 saturated heterocycles. The molecule has 0 spiro atoms. The Bertz CT molecular complexity index is 292. The summed E-state index contributed by atoms with van der Waals surface area (Å²) in [4.78, 5) is 11.2. The van der Waals surface area contributed by atoms with Crippen LogP contribution in [0.5, 0.6) is 0 Å². The zero-order chi connectivity index (χ0) is 10.6. The second kappa shape index (κ2) is 3.10. The minimum absolute atomic E-state index is 0.271. The molecule has 0 radical (unpaired) electrons. The van der Waals surface area contributed by atoms with Gasteiger partial charge in [-0.3, -0.25) is 4.79 Å². The third kappa shape index (κ3) is 1.34. The van der Waals surface area contributed by atoms with Gasteiger partial charge < -0.3 is 5.73 Å². The van der Waals surface area contributed by atoms with Crippen LogP contribution in [0.1, 0.15) is 32.1 Å². The SMILES string of the molecule is C=C(C(N)=O)C1C2CC3CC(C2)CC1C3. The predicted octanol–water partition coefficient (Wildman–Crippen LogP) is 2.10. The third-order valence-corrected chi connectivity index (χ3v) is 4.95. The number of hydrogen-bond donors (Lipinski definition) is 1. The van der Waals surface area contributed by atoms with Crippen molar-refractivity contribution in [2.45, 2.75) is 32.1 Å². The fourth-order valence-corrected chi connectivity index (χ4v) is 4.66. The minimum Gasteiger partial charge on any atom is -0.366 e. The van der Waals surface area contributed by atoms with E-state index in [0.717, 1.165) is 23.7 Å². The zero-order valence-electron chi connectivity index (χ0n) is 9.11. The molecule has 2 N–H and O–H groups in total. The van der Waals surface area contributed by atoms with Gasteiger partial charge in [0, 0.05) is 5.57 Å². The first kappa shape index (κ1) is 9.44. The quantitative estimate of drug-likeness (QED) is 0.689. The van der Waals surface area contributed by atoms with Crippen LogP contribution in [-0.2, 0) is 4.79 Å². The van der Waals surface area contributed by atoms with Crippen LogP contribution in [0.3, 0.4) is 0 Å². The number of hydrogen-bond acceptors (Lipinski definition) is 1. The van der Waals surface area contributed by atoms with E-state index in [9.17, 15) is 4.79 Å². The average molecular weight is 205 g/mol. The Morgan fingerprint density at radius 3 is 1.87 bits per heavy atom. The number of carbonyl (C=O) groups excluding carboxylic acids is 1. The molecule has 15 heavy (non-hydrogen) atoms. The van der Waals surface area contributed by atoms with Crippen LogP contribution in [0.2, 0.25) is 0 Å². The van der Waals surface area contributed by atoms with Gasteiger partial charge in [-0.1, -0.05) is 6.58 Å². The van der Waals surface area contributed by atoms with Crippen molar-refractivity contribution in [3.63, 3.8) is 0 Å². The Morgan fingerprint density at radius 1 is 1.00 bits per heavy atom. The lowest BCUT2D eigenvalue weighted by Gasteiger charge is -2.54. The molecule has 4 fully saturated rings. The average Bonchev–Trinajstić information content (AvgIpc) is 2.15. The van der Waals surface area contributed by atoms with Crippen molar-refractivity contribution in [2.24, 2.45) is 35.3 Å². The van der Waals surface area contributed by atoms with Gasteiger partial charge in [-0.2, -0.15) is 0 Å². The largest absolute Gasteiger partial charge is 0.366 e. The number of rotatable bonds is 2. The first-order valence-corrected chi connectivity index (χ1v) is 6.13. The molecule has 0 aromatic carbocycles. The van der Waals surface area contributed by atoms with Gasteiger partial charge in [0.15, 0.2) is 0 Å². The maximum atomic E-state index is 11.2. The number of carbonyl (C=O) groups is 1. The standard InChI is InChI=1S/C13H19NO/c1-7(13(14)15)12-10-3-8-2-9(5-10)6-11(12)4-8/h8-12H,1-6H2,(H2,14,15). The van der Waals surface area contributed by atoms with E-state index >= 15 is 0 Å². The van der Waals surface area contributed by atoms with Crippen LogP contribution >= 0.6 is 0 Å². The molecule has 4 aliphatic rings. The molecule has 4 bridgehead atoms. The lowest BCUT2D eigenvalue weighted by molar-refractivity contribution is -0.117. The van der Waals surface area contributed by atoms with Crippen LogP contribution < -0.4 is 5.73 Å². The summed E-state index contributed by atoms with van der Waals surface area (Å²) in [6.07, 6.45) is 6.74. The van der Waals surface area contributed by atoms with Crippen molar-refractivity contribution in [3.8, 4) is 0 Å². The van der Waals surface area contributed by atoms with Gasteiger partial charge in [-0.05, 0) is 61.7 Å². The third-order valence-electron chi connectivity index (χ3n) is 4.95. The summed E-state index contributed by atoms with van der Waals surface area (Å²) < 4.78 is 0. The number of primary amides is 1. The van der Waals surface area contributed by atoms with Gasteiger partial charge >= 0.3 is 0 Å². The molecule has 0 aromatic rings. The van der Waals surface area contributed by atoms with Gasteiger partial charge in [0.1, 0.15) is 0 Å². The number of amides is 1. The van der Waals surface area contributed by atoms with Gasteiger partial charge in [0.25, 0.3) is 0 Å². The normalized spacial score (nSPS) is 46.8. The first-order valence-electron chi connectivity index (χ1n) is 6.13. The van der Waals surface area contributed by atoms with E-state index in [4.69, 9.17) is 5.73 Å². The van der Waals surface area contributed by atoms with Crippen molar-refractivity contribution in [2.75, 3.05) is 0 Å². The highest BCUT2D eigenvalue weighted by Gasteiger charge is 2.49. The number of nitrogens with two attached hydrogens (primary N) is 1.